The Bertz CT molecular complexity index is 268. The van der Waals surface area contributed by atoms with Gasteiger partial charge in [-0.25, -0.2) is 0 Å². The van der Waals surface area contributed by atoms with Gasteiger partial charge in [0.25, 0.3) is 0 Å². The van der Waals surface area contributed by atoms with Crippen molar-refractivity contribution < 1.29 is 5.11 Å². The molecule has 0 bridgehead atoms. The quantitative estimate of drug-likeness (QED) is 0.727. The molecule has 1 aliphatic rings. The summed E-state index contributed by atoms with van der Waals surface area (Å²) in [5, 5.41) is 10.1. The highest BCUT2D eigenvalue weighted by Crippen LogP contribution is 2.59. The average molecular weight is 225 g/mol. The molecule has 1 saturated carbocycles. The summed E-state index contributed by atoms with van der Waals surface area (Å²) in [5.41, 5.74) is 1.68. The molecule has 0 saturated heterocycles. The van der Waals surface area contributed by atoms with Crippen molar-refractivity contribution in [3.8, 4) is 0 Å². The van der Waals surface area contributed by atoms with Crippen LogP contribution in [0.4, 0.5) is 0 Å². The van der Waals surface area contributed by atoms with Gasteiger partial charge < -0.3 is 10.0 Å². The summed E-state index contributed by atoms with van der Waals surface area (Å²) in [6.45, 7) is 9.86. The Labute approximate surface area is 100 Å². The first-order chi connectivity index (χ1) is 7.26. The van der Waals surface area contributed by atoms with Gasteiger partial charge in [-0.15, -0.1) is 0 Å². The fourth-order valence-electron chi connectivity index (χ4n) is 2.80. The summed E-state index contributed by atoms with van der Waals surface area (Å²) in [6.07, 6.45) is 2.83. The summed E-state index contributed by atoms with van der Waals surface area (Å²) >= 11 is 0. The molecule has 3 atom stereocenters. The van der Waals surface area contributed by atoms with Crippen molar-refractivity contribution in [3.05, 3.63) is 11.6 Å². The second-order valence-corrected chi connectivity index (χ2v) is 6.23. The van der Waals surface area contributed by atoms with Crippen LogP contribution in [0.5, 0.6) is 0 Å². The lowest BCUT2D eigenvalue weighted by molar-refractivity contribution is 0.137. The topological polar surface area (TPSA) is 23.5 Å². The molecule has 0 aromatic rings. The van der Waals surface area contributed by atoms with Crippen LogP contribution in [0.15, 0.2) is 11.6 Å². The van der Waals surface area contributed by atoms with E-state index in [2.05, 4.69) is 52.8 Å². The molecule has 2 heteroatoms. The van der Waals surface area contributed by atoms with E-state index in [1.165, 1.54) is 5.57 Å². The average Bonchev–Trinajstić information content (AvgIpc) is 2.61. The van der Waals surface area contributed by atoms with E-state index in [-0.39, 0.29) is 6.10 Å². The molecule has 1 rings (SSSR count). The third-order valence-electron chi connectivity index (χ3n) is 4.15. The number of hydrogen-bond acceptors (Lipinski definition) is 2. The lowest BCUT2D eigenvalue weighted by atomic mass is 10.0. The molecule has 0 amide bonds. The molecule has 0 radical (unpaired) electrons. The van der Waals surface area contributed by atoms with Gasteiger partial charge in [0, 0.05) is 6.54 Å². The van der Waals surface area contributed by atoms with Gasteiger partial charge in [-0.1, -0.05) is 32.4 Å². The first kappa shape index (κ1) is 13.7. The monoisotopic (exact) mass is 225 g/mol. The van der Waals surface area contributed by atoms with E-state index in [4.69, 9.17) is 0 Å². The molecule has 0 aromatic heterocycles. The fraction of sp³-hybridized carbons (Fsp3) is 0.857. The van der Waals surface area contributed by atoms with Crippen LogP contribution in [0.3, 0.4) is 0 Å². The fourth-order valence-corrected chi connectivity index (χ4v) is 2.80. The Balaban J connectivity index is 2.39. The minimum Gasteiger partial charge on any atom is -0.392 e. The van der Waals surface area contributed by atoms with E-state index in [1.54, 1.807) is 0 Å². The number of aliphatic hydroxyl groups excluding tert-OH is 1. The summed E-state index contributed by atoms with van der Waals surface area (Å²) in [6, 6.07) is 0. The van der Waals surface area contributed by atoms with Crippen LogP contribution in [-0.4, -0.2) is 36.8 Å². The maximum Gasteiger partial charge on any atom is 0.0610 e. The highest BCUT2D eigenvalue weighted by atomic mass is 16.3. The Morgan fingerprint density at radius 3 is 2.31 bits per heavy atom. The van der Waals surface area contributed by atoms with Crippen molar-refractivity contribution in [1.82, 2.24) is 4.90 Å². The maximum atomic E-state index is 10.1. The highest BCUT2D eigenvalue weighted by molar-refractivity contribution is 5.09. The minimum absolute atomic E-state index is 0.165. The van der Waals surface area contributed by atoms with Crippen LogP contribution in [0, 0.1) is 17.3 Å². The first-order valence-corrected chi connectivity index (χ1v) is 6.25. The number of rotatable bonds is 5. The van der Waals surface area contributed by atoms with Crippen LogP contribution in [0.25, 0.3) is 0 Å². The maximum absolute atomic E-state index is 10.1. The zero-order valence-electron chi connectivity index (χ0n) is 11.6. The van der Waals surface area contributed by atoms with Crippen LogP contribution in [0.1, 0.15) is 34.1 Å². The van der Waals surface area contributed by atoms with Gasteiger partial charge in [0.1, 0.15) is 0 Å². The molecule has 3 unspecified atom stereocenters. The van der Waals surface area contributed by atoms with Gasteiger partial charge in [0.15, 0.2) is 0 Å². The molecule has 1 fully saturated rings. The Morgan fingerprint density at radius 2 is 1.94 bits per heavy atom. The molecule has 1 aliphatic carbocycles. The second kappa shape index (κ2) is 4.89. The largest absolute Gasteiger partial charge is 0.392 e. The summed E-state index contributed by atoms with van der Waals surface area (Å²) in [4.78, 5) is 2.15. The van der Waals surface area contributed by atoms with E-state index in [9.17, 15) is 5.11 Å². The number of hydrogen-bond donors (Lipinski definition) is 1. The Kier molecular flexibility index (Phi) is 4.19. The molecule has 16 heavy (non-hydrogen) atoms. The van der Waals surface area contributed by atoms with Gasteiger partial charge in [-0.3, -0.25) is 0 Å². The van der Waals surface area contributed by atoms with Crippen LogP contribution in [-0.2, 0) is 0 Å². The van der Waals surface area contributed by atoms with E-state index in [0.717, 1.165) is 13.0 Å². The predicted molar refractivity (Wildman–Crippen MR) is 69.4 cm³/mol. The van der Waals surface area contributed by atoms with Gasteiger partial charge in [-0.05, 0) is 44.7 Å². The molecule has 2 nitrogen and oxygen atoms in total. The number of aliphatic hydroxyl groups is 1. The highest BCUT2D eigenvalue weighted by Gasteiger charge is 2.57. The summed E-state index contributed by atoms with van der Waals surface area (Å²) in [7, 11) is 4.14. The zero-order chi connectivity index (χ0) is 12.5. The van der Waals surface area contributed by atoms with Crippen molar-refractivity contribution in [2.75, 3.05) is 20.6 Å². The number of likely N-dealkylation sites (N-methyl/N-ethyl adjacent to an activating group) is 1. The smallest absolute Gasteiger partial charge is 0.0610 e. The Hall–Kier alpha value is -0.340. The van der Waals surface area contributed by atoms with Crippen molar-refractivity contribution >= 4 is 0 Å². The van der Waals surface area contributed by atoms with Gasteiger partial charge in [0.2, 0.25) is 0 Å². The van der Waals surface area contributed by atoms with Crippen LogP contribution >= 0.6 is 0 Å². The third-order valence-corrected chi connectivity index (χ3v) is 4.15. The molecular weight excluding hydrogens is 198 g/mol. The standard InChI is InChI=1S/C14H27NO/c1-10(9-15(5)6)7-8-12(16)13-11(2)14(13,3)4/h7,11-13,16H,8-9H2,1-6H3/b10-7+. The molecule has 94 valence electrons. The molecule has 0 aromatic carbocycles. The summed E-state index contributed by atoms with van der Waals surface area (Å²) < 4.78 is 0. The first-order valence-electron chi connectivity index (χ1n) is 6.25. The van der Waals surface area contributed by atoms with Crippen molar-refractivity contribution in [3.63, 3.8) is 0 Å². The van der Waals surface area contributed by atoms with Crippen LogP contribution < -0.4 is 0 Å². The lowest BCUT2D eigenvalue weighted by Crippen LogP contribution is -2.15. The molecule has 0 spiro atoms. The van der Waals surface area contributed by atoms with E-state index >= 15 is 0 Å². The molecule has 0 heterocycles. The third kappa shape index (κ3) is 3.08. The lowest BCUT2D eigenvalue weighted by Gasteiger charge is -2.12. The van der Waals surface area contributed by atoms with Crippen molar-refractivity contribution in [1.29, 1.82) is 0 Å². The molecule has 0 aliphatic heterocycles. The van der Waals surface area contributed by atoms with E-state index < -0.39 is 0 Å². The number of nitrogens with zero attached hydrogens (tertiary/aromatic N) is 1. The normalized spacial score (nSPS) is 30.6. The Morgan fingerprint density at radius 1 is 1.44 bits per heavy atom. The molecule has 1 N–H and O–H groups in total. The van der Waals surface area contributed by atoms with Gasteiger partial charge in [0.05, 0.1) is 6.10 Å². The van der Waals surface area contributed by atoms with Crippen molar-refractivity contribution in [2.24, 2.45) is 17.3 Å². The van der Waals surface area contributed by atoms with Gasteiger partial charge in [-0.2, -0.15) is 0 Å². The van der Waals surface area contributed by atoms with Gasteiger partial charge >= 0.3 is 0 Å². The van der Waals surface area contributed by atoms with Crippen LogP contribution in [0.2, 0.25) is 0 Å². The van der Waals surface area contributed by atoms with E-state index in [0.29, 0.717) is 17.3 Å². The minimum atomic E-state index is -0.165. The van der Waals surface area contributed by atoms with Crippen molar-refractivity contribution in [2.45, 2.75) is 40.2 Å². The zero-order valence-corrected chi connectivity index (χ0v) is 11.6. The van der Waals surface area contributed by atoms with E-state index in [1.807, 2.05) is 0 Å². The second-order valence-electron chi connectivity index (χ2n) is 6.23. The summed E-state index contributed by atoms with van der Waals surface area (Å²) in [5.74, 6) is 1.14. The predicted octanol–water partition coefficient (Wildman–Crippen LogP) is 2.54. The molecular formula is C14H27NO. The SMILES string of the molecule is C/C(=C\CC(O)C1C(C)C1(C)C)CN(C)C.